The second-order valence-corrected chi connectivity index (χ2v) is 7.02. The van der Waals surface area contributed by atoms with Crippen LogP contribution >= 0.6 is 0 Å². The quantitative estimate of drug-likeness (QED) is 0.895. The van der Waals surface area contributed by atoms with E-state index in [9.17, 15) is 9.59 Å². The minimum absolute atomic E-state index is 0.104. The van der Waals surface area contributed by atoms with Crippen LogP contribution in [0.3, 0.4) is 0 Å². The topological polar surface area (TPSA) is 55.4 Å². The molecule has 1 aromatic rings. The van der Waals surface area contributed by atoms with E-state index in [0.717, 1.165) is 18.4 Å². The fourth-order valence-corrected chi connectivity index (χ4v) is 3.65. The minimum Gasteiger partial charge on any atom is -0.445 e. The van der Waals surface area contributed by atoms with Crippen LogP contribution in [0.2, 0.25) is 0 Å². The fourth-order valence-electron chi connectivity index (χ4n) is 3.65. The Labute approximate surface area is 138 Å². The highest BCUT2D eigenvalue weighted by atomic mass is 16.5. The van der Waals surface area contributed by atoms with Crippen LogP contribution < -0.4 is 5.32 Å². The van der Waals surface area contributed by atoms with E-state index in [4.69, 9.17) is 4.74 Å². The predicted molar refractivity (Wildman–Crippen MR) is 89.9 cm³/mol. The van der Waals surface area contributed by atoms with Crippen molar-refractivity contribution in [1.82, 2.24) is 5.32 Å². The van der Waals surface area contributed by atoms with E-state index in [1.165, 1.54) is 0 Å². The van der Waals surface area contributed by atoms with Crippen LogP contribution in [-0.2, 0) is 16.1 Å². The molecule has 0 aliphatic heterocycles. The van der Waals surface area contributed by atoms with E-state index in [-0.39, 0.29) is 23.7 Å². The summed E-state index contributed by atoms with van der Waals surface area (Å²) < 4.78 is 5.21. The van der Waals surface area contributed by atoms with Crippen molar-refractivity contribution in [3.05, 3.63) is 35.9 Å². The molecular formula is C19H27NO3. The number of carbonyl (C=O) groups excluding carboxylic acids is 2. The van der Waals surface area contributed by atoms with E-state index < -0.39 is 6.09 Å². The van der Waals surface area contributed by atoms with Crippen LogP contribution in [0, 0.1) is 17.3 Å². The summed E-state index contributed by atoms with van der Waals surface area (Å²) in [6.07, 6.45) is 2.03. The number of rotatable bonds is 5. The molecule has 4 heteroatoms. The van der Waals surface area contributed by atoms with Gasteiger partial charge in [-0.1, -0.05) is 57.5 Å². The largest absolute Gasteiger partial charge is 0.445 e. The van der Waals surface area contributed by atoms with Gasteiger partial charge in [0.25, 0.3) is 0 Å². The fraction of sp³-hybridized carbons (Fsp3) is 0.579. The van der Waals surface area contributed by atoms with Crippen LogP contribution in [0.4, 0.5) is 4.79 Å². The highest BCUT2D eigenvalue weighted by Gasteiger charge is 2.42. The standard InChI is InChI=1S/C19H27NO3/c1-4-16-15(17(21)10-11-19(16,2)3)12-20-18(22)23-13-14-8-6-5-7-9-14/h5-9,15-16H,4,10-13H2,1-3H3,(H,20,22)/t15-,16+/m1/s1. The van der Waals surface area contributed by atoms with Gasteiger partial charge in [0.05, 0.1) is 0 Å². The minimum atomic E-state index is -0.458. The molecule has 0 heterocycles. The van der Waals surface area contributed by atoms with Crippen molar-refractivity contribution in [3.63, 3.8) is 0 Å². The summed E-state index contributed by atoms with van der Waals surface area (Å²) in [6.45, 7) is 7.16. The molecule has 2 rings (SSSR count). The first kappa shape index (κ1) is 17.5. The summed E-state index contributed by atoms with van der Waals surface area (Å²) >= 11 is 0. The van der Waals surface area contributed by atoms with Gasteiger partial charge in [-0.05, 0) is 23.3 Å². The molecule has 0 unspecified atom stereocenters. The zero-order valence-corrected chi connectivity index (χ0v) is 14.3. The van der Waals surface area contributed by atoms with E-state index in [1.807, 2.05) is 30.3 Å². The van der Waals surface area contributed by atoms with Crippen molar-refractivity contribution in [2.75, 3.05) is 6.54 Å². The molecule has 126 valence electrons. The van der Waals surface area contributed by atoms with Gasteiger partial charge in [0, 0.05) is 18.9 Å². The summed E-state index contributed by atoms with van der Waals surface area (Å²) in [5.41, 5.74) is 1.09. The van der Waals surface area contributed by atoms with Gasteiger partial charge in [0.1, 0.15) is 12.4 Å². The Morgan fingerprint density at radius 1 is 1.30 bits per heavy atom. The molecule has 2 atom stereocenters. The molecule has 1 N–H and O–H groups in total. The van der Waals surface area contributed by atoms with Crippen molar-refractivity contribution >= 4 is 11.9 Å². The normalized spacial score (nSPS) is 23.3. The molecule has 1 fully saturated rings. The Morgan fingerprint density at radius 3 is 2.65 bits per heavy atom. The maximum Gasteiger partial charge on any atom is 0.407 e. The number of alkyl carbamates (subject to hydrolysis) is 1. The molecule has 0 spiro atoms. The van der Waals surface area contributed by atoms with Gasteiger partial charge < -0.3 is 10.1 Å². The molecule has 1 saturated carbocycles. The molecule has 1 aliphatic rings. The summed E-state index contributed by atoms with van der Waals surface area (Å²) in [4.78, 5) is 24.1. The molecule has 0 bridgehead atoms. The Bertz CT molecular complexity index is 539. The lowest BCUT2D eigenvalue weighted by Crippen LogP contribution is -2.45. The van der Waals surface area contributed by atoms with E-state index >= 15 is 0 Å². The molecule has 1 amide bonds. The first-order chi connectivity index (χ1) is 10.9. The van der Waals surface area contributed by atoms with Gasteiger partial charge in [-0.15, -0.1) is 0 Å². The number of ether oxygens (including phenoxy) is 1. The third-order valence-electron chi connectivity index (χ3n) is 5.04. The number of benzene rings is 1. The molecule has 1 aliphatic carbocycles. The molecular weight excluding hydrogens is 290 g/mol. The lowest BCUT2D eigenvalue weighted by atomic mass is 9.62. The van der Waals surface area contributed by atoms with Gasteiger partial charge >= 0.3 is 6.09 Å². The maximum atomic E-state index is 12.3. The van der Waals surface area contributed by atoms with E-state index in [2.05, 4.69) is 26.1 Å². The third kappa shape index (κ3) is 4.57. The summed E-state index contributed by atoms with van der Waals surface area (Å²) in [5, 5.41) is 2.77. The molecule has 0 aromatic heterocycles. The average molecular weight is 317 g/mol. The number of amides is 1. The molecule has 4 nitrogen and oxygen atoms in total. The van der Waals surface area contributed by atoms with Crippen LogP contribution in [0.25, 0.3) is 0 Å². The van der Waals surface area contributed by atoms with E-state index in [1.54, 1.807) is 0 Å². The zero-order valence-electron chi connectivity index (χ0n) is 14.3. The van der Waals surface area contributed by atoms with Gasteiger partial charge in [0.15, 0.2) is 0 Å². The van der Waals surface area contributed by atoms with Crippen LogP contribution in [0.1, 0.15) is 45.6 Å². The first-order valence-electron chi connectivity index (χ1n) is 8.41. The third-order valence-corrected chi connectivity index (χ3v) is 5.04. The molecule has 0 saturated heterocycles. The number of hydrogen-bond donors (Lipinski definition) is 1. The molecule has 0 radical (unpaired) electrons. The highest BCUT2D eigenvalue weighted by Crippen LogP contribution is 2.43. The Kier molecular flexibility index (Phi) is 5.80. The summed E-state index contributed by atoms with van der Waals surface area (Å²) in [6, 6.07) is 9.56. The van der Waals surface area contributed by atoms with Crippen LogP contribution in [0.15, 0.2) is 30.3 Å². The van der Waals surface area contributed by atoms with Crippen LogP contribution in [0.5, 0.6) is 0 Å². The Hall–Kier alpha value is -1.84. The Morgan fingerprint density at radius 2 is 2.00 bits per heavy atom. The van der Waals surface area contributed by atoms with Gasteiger partial charge in [-0.25, -0.2) is 4.79 Å². The van der Waals surface area contributed by atoms with Gasteiger partial charge in [0.2, 0.25) is 0 Å². The van der Waals surface area contributed by atoms with E-state index in [0.29, 0.717) is 18.9 Å². The molecule has 1 aromatic carbocycles. The van der Waals surface area contributed by atoms with Crippen molar-refractivity contribution in [1.29, 1.82) is 0 Å². The summed E-state index contributed by atoms with van der Waals surface area (Å²) in [5.74, 6) is 0.464. The maximum absolute atomic E-state index is 12.3. The van der Waals surface area contributed by atoms with Crippen molar-refractivity contribution in [3.8, 4) is 0 Å². The second-order valence-electron chi connectivity index (χ2n) is 7.02. The van der Waals surface area contributed by atoms with Crippen molar-refractivity contribution < 1.29 is 14.3 Å². The molecule has 23 heavy (non-hydrogen) atoms. The predicted octanol–water partition coefficient (Wildman–Crippen LogP) is 3.94. The Balaban J connectivity index is 1.85. The highest BCUT2D eigenvalue weighted by molar-refractivity contribution is 5.83. The number of nitrogens with one attached hydrogen (secondary N) is 1. The number of carbonyl (C=O) groups is 2. The number of ketones is 1. The number of Topliss-reactive ketones (excluding diaryl/α,β-unsaturated/α-hetero) is 1. The van der Waals surface area contributed by atoms with Crippen molar-refractivity contribution in [2.45, 2.75) is 46.6 Å². The average Bonchev–Trinajstić information content (AvgIpc) is 2.54. The smallest absolute Gasteiger partial charge is 0.407 e. The summed E-state index contributed by atoms with van der Waals surface area (Å²) in [7, 11) is 0. The lowest BCUT2D eigenvalue weighted by Gasteiger charge is -2.43. The van der Waals surface area contributed by atoms with Gasteiger partial charge in [-0.3, -0.25) is 4.79 Å². The second kappa shape index (κ2) is 7.62. The monoisotopic (exact) mass is 317 g/mol. The zero-order chi connectivity index (χ0) is 16.9. The first-order valence-corrected chi connectivity index (χ1v) is 8.41. The van der Waals surface area contributed by atoms with Crippen molar-refractivity contribution in [2.24, 2.45) is 17.3 Å². The SMILES string of the molecule is CC[C@H]1[C@@H](CNC(=O)OCc2ccccc2)C(=O)CCC1(C)C. The van der Waals surface area contributed by atoms with Gasteiger partial charge in [-0.2, -0.15) is 0 Å². The number of hydrogen-bond acceptors (Lipinski definition) is 3. The lowest BCUT2D eigenvalue weighted by molar-refractivity contribution is -0.130. The van der Waals surface area contributed by atoms with Crippen LogP contribution in [-0.4, -0.2) is 18.4 Å².